The number of aromatic nitrogens is 1. The fourth-order valence-corrected chi connectivity index (χ4v) is 3.55. The van der Waals surface area contributed by atoms with Gasteiger partial charge in [0.1, 0.15) is 5.82 Å². The lowest BCUT2D eigenvalue weighted by Crippen LogP contribution is -2.33. The Hall–Kier alpha value is -1.14. The number of anilines is 1. The molecule has 1 aliphatic heterocycles. The lowest BCUT2D eigenvalue weighted by atomic mass is 9.99. The minimum Gasteiger partial charge on any atom is -0.357 e. The highest BCUT2D eigenvalue weighted by molar-refractivity contribution is 7.89. The lowest BCUT2D eigenvalue weighted by Gasteiger charge is -2.31. The Labute approximate surface area is 127 Å². The highest BCUT2D eigenvalue weighted by atomic mass is 32.2. The van der Waals surface area contributed by atoms with Gasteiger partial charge in [-0.25, -0.2) is 18.1 Å². The minimum atomic E-state index is -3.15. The monoisotopic (exact) mass is 311 g/mol. The predicted octanol–water partition coefficient (Wildman–Crippen LogP) is 2.15. The fourth-order valence-electron chi connectivity index (χ4n) is 2.48. The molecule has 0 bridgehead atoms. The largest absolute Gasteiger partial charge is 0.357 e. The molecule has 1 aromatic heterocycles. The first-order valence-corrected chi connectivity index (χ1v) is 9.32. The molecule has 118 valence electrons. The number of pyridine rings is 1. The van der Waals surface area contributed by atoms with Crippen molar-refractivity contribution in [2.45, 2.75) is 39.7 Å². The number of piperidine rings is 1. The first-order chi connectivity index (χ1) is 10.00. The third kappa shape index (κ3) is 4.97. The molecular weight excluding hydrogens is 286 g/mol. The summed E-state index contributed by atoms with van der Waals surface area (Å²) in [6.07, 6.45) is 4.81. The minimum absolute atomic E-state index is 0.171. The lowest BCUT2D eigenvalue weighted by molar-refractivity contribution is 0.436. The topological polar surface area (TPSA) is 62.3 Å². The first kappa shape index (κ1) is 16.2. The molecule has 0 radical (unpaired) electrons. The molecule has 1 aromatic rings. The van der Waals surface area contributed by atoms with Crippen molar-refractivity contribution in [2.75, 3.05) is 23.7 Å². The molecule has 0 amide bonds. The van der Waals surface area contributed by atoms with Crippen LogP contribution in [0.3, 0.4) is 0 Å². The van der Waals surface area contributed by atoms with Crippen LogP contribution in [0.1, 0.15) is 38.7 Å². The van der Waals surface area contributed by atoms with Crippen LogP contribution in [-0.2, 0) is 16.6 Å². The van der Waals surface area contributed by atoms with Crippen LogP contribution in [0, 0.1) is 5.92 Å². The van der Waals surface area contributed by atoms with Crippen LogP contribution < -0.4 is 9.62 Å². The molecule has 0 atom stereocenters. The highest BCUT2D eigenvalue weighted by Crippen LogP contribution is 2.21. The molecule has 5 nitrogen and oxygen atoms in total. The molecule has 1 aliphatic rings. The third-order valence-corrected chi connectivity index (χ3v) is 5.42. The summed E-state index contributed by atoms with van der Waals surface area (Å²) in [5.41, 5.74) is 0.892. The summed E-state index contributed by atoms with van der Waals surface area (Å²) in [5, 5.41) is 0. The molecule has 2 rings (SSSR count). The van der Waals surface area contributed by atoms with Crippen LogP contribution in [0.5, 0.6) is 0 Å². The van der Waals surface area contributed by atoms with E-state index in [-0.39, 0.29) is 5.75 Å². The fraction of sp³-hybridized carbons (Fsp3) is 0.667. The molecule has 1 fully saturated rings. The van der Waals surface area contributed by atoms with Crippen molar-refractivity contribution in [2.24, 2.45) is 5.92 Å². The second kappa shape index (κ2) is 7.22. The second-order valence-corrected chi connectivity index (χ2v) is 7.76. The normalized spacial score (nSPS) is 17.1. The van der Waals surface area contributed by atoms with Crippen LogP contribution in [0.25, 0.3) is 0 Å². The molecule has 6 heteroatoms. The van der Waals surface area contributed by atoms with Gasteiger partial charge < -0.3 is 4.90 Å². The molecule has 1 N–H and O–H groups in total. The summed E-state index contributed by atoms with van der Waals surface area (Å²) in [6.45, 7) is 6.56. The van der Waals surface area contributed by atoms with Gasteiger partial charge in [0.2, 0.25) is 10.0 Å². The maximum absolute atomic E-state index is 11.6. The molecule has 0 unspecified atom stereocenters. The molecule has 0 aromatic carbocycles. The third-order valence-electron chi connectivity index (χ3n) is 3.89. The number of hydrogen-bond donors (Lipinski definition) is 1. The summed E-state index contributed by atoms with van der Waals surface area (Å²) >= 11 is 0. The van der Waals surface area contributed by atoms with E-state index in [2.05, 4.69) is 21.5 Å². The van der Waals surface area contributed by atoms with E-state index in [4.69, 9.17) is 0 Å². The molecule has 0 spiro atoms. The van der Waals surface area contributed by atoms with Gasteiger partial charge in [-0.2, -0.15) is 0 Å². The van der Waals surface area contributed by atoms with E-state index in [9.17, 15) is 8.42 Å². The molecular formula is C15H25N3O2S. The van der Waals surface area contributed by atoms with Crippen LogP contribution in [-0.4, -0.2) is 32.2 Å². The van der Waals surface area contributed by atoms with Crippen molar-refractivity contribution < 1.29 is 8.42 Å². The van der Waals surface area contributed by atoms with Crippen molar-refractivity contribution in [1.29, 1.82) is 0 Å². The predicted molar refractivity (Wildman–Crippen MR) is 85.8 cm³/mol. The van der Waals surface area contributed by atoms with Crippen molar-refractivity contribution in [1.82, 2.24) is 9.71 Å². The number of sulfonamides is 1. The van der Waals surface area contributed by atoms with E-state index >= 15 is 0 Å². The van der Waals surface area contributed by atoms with Gasteiger partial charge in [0.15, 0.2) is 0 Å². The SMILES string of the molecule is CCCS(=O)(=O)NCc1ccc(N2CCC(C)CC2)nc1. The average molecular weight is 311 g/mol. The Morgan fingerprint density at radius 1 is 1.33 bits per heavy atom. The number of nitrogens with one attached hydrogen (secondary N) is 1. The summed E-state index contributed by atoms with van der Waals surface area (Å²) in [5.74, 6) is 1.96. The van der Waals surface area contributed by atoms with E-state index in [0.29, 0.717) is 13.0 Å². The Morgan fingerprint density at radius 2 is 2.05 bits per heavy atom. The molecule has 2 heterocycles. The van der Waals surface area contributed by atoms with Crippen LogP contribution >= 0.6 is 0 Å². The van der Waals surface area contributed by atoms with Crippen LogP contribution in [0.15, 0.2) is 18.3 Å². The zero-order valence-electron chi connectivity index (χ0n) is 12.9. The van der Waals surface area contributed by atoms with Crippen LogP contribution in [0.2, 0.25) is 0 Å². The number of nitrogens with zero attached hydrogens (tertiary/aromatic N) is 2. The first-order valence-electron chi connectivity index (χ1n) is 7.67. The van der Waals surface area contributed by atoms with Crippen molar-refractivity contribution in [3.8, 4) is 0 Å². The van der Waals surface area contributed by atoms with E-state index in [1.54, 1.807) is 6.20 Å². The molecule has 0 aliphatic carbocycles. The van der Waals surface area contributed by atoms with E-state index in [1.165, 1.54) is 12.8 Å². The van der Waals surface area contributed by atoms with Gasteiger partial charge in [0, 0.05) is 25.8 Å². The quantitative estimate of drug-likeness (QED) is 0.874. The molecule has 0 saturated carbocycles. The Balaban J connectivity index is 1.90. The maximum Gasteiger partial charge on any atom is 0.211 e. The van der Waals surface area contributed by atoms with Crippen molar-refractivity contribution in [3.05, 3.63) is 23.9 Å². The van der Waals surface area contributed by atoms with Gasteiger partial charge in [-0.3, -0.25) is 0 Å². The maximum atomic E-state index is 11.6. The summed E-state index contributed by atoms with van der Waals surface area (Å²) in [6, 6.07) is 3.94. The van der Waals surface area contributed by atoms with Crippen LogP contribution in [0.4, 0.5) is 5.82 Å². The zero-order valence-corrected chi connectivity index (χ0v) is 13.7. The van der Waals surface area contributed by atoms with E-state index in [0.717, 1.165) is 30.4 Å². The number of hydrogen-bond acceptors (Lipinski definition) is 4. The smallest absolute Gasteiger partial charge is 0.211 e. The summed E-state index contributed by atoms with van der Waals surface area (Å²) in [4.78, 5) is 6.76. The molecule has 21 heavy (non-hydrogen) atoms. The number of rotatable bonds is 6. The Bertz CT molecular complexity index is 535. The van der Waals surface area contributed by atoms with Gasteiger partial charge in [0.25, 0.3) is 0 Å². The summed E-state index contributed by atoms with van der Waals surface area (Å²) < 4.78 is 25.8. The van der Waals surface area contributed by atoms with Gasteiger partial charge in [-0.15, -0.1) is 0 Å². The Kier molecular flexibility index (Phi) is 5.58. The van der Waals surface area contributed by atoms with Gasteiger partial charge in [-0.1, -0.05) is 19.9 Å². The standard InChI is InChI=1S/C15H25N3O2S/c1-3-10-21(19,20)17-12-14-4-5-15(16-11-14)18-8-6-13(2)7-9-18/h4-5,11,13,17H,3,6-10,12H2,1-2H3. The summed E-state index contributed by atoms with van der Waals surface area (Å²) in [7, 11) is -3.15. The van der Waals surface area contributed by atoms with E-state index < -0.39 is 10.0 Å². The zero-order chi connectivity index (χ0) is 15.3. The Morgan fingerprint density at radius 3 is 2.62 bits per heavy atom. The second-order valence-electron chi connectivity index (χ2n) is 5.83. The highest BCUT2D eigenvalue weighted by Gasteiger charge is 2.16. The van der Waals surface area contributed by atoms with Crippen molar-refractivity contribution >= 4 is 15.8 Å². The van der Waals surface area contributed by atoms with E-state index in [1.807, 2.05) is 19.1 Å². The average Bonchev–Trinajstić information content (AvgIpc) is 2.47. The molecule has 1 saturated heterocycles. The van der Waals surface area contributed by atoms with Gasteiger partial charge >= 0.3 is 0 Å². The van der Waals surface area contributed by atoms with Crippen molar-refractivity contribution in [3.63, 3.8) is 0 Å². The van der Waals surface area contributed by atoms with Gasteiger partial charge in [0.05, 0.1) is 5.75 Å². The van der Waals surface area contributed by atoms with Gasteiger partial charge in [-0.05, 0) is 36.8 Å².